The smallest absolute Gasteiger partial charge is 0.254 e. The number of anilines is 1. The van der Waals surface area contributed by atoms with Crippen LogP contribution in [0.4, 0.5) is 5.82 Å². The molecule has 1 amide bonds. The van der Waals surface area contributed by atoms with Crippen LogP contribution in [-0.2, 0) is 6.61 Å². The van der Waals surface area contributed by atoms with E-state index in [-0.39, 0.29) is 5.91 Å². The molecule has 6 heteroatoms. The molecule has 1 saturated heterocycles. The van der Waals surface area contributed by atoms with Crippen molar-refractivity contribution in [1.82, 2.24) is 14.9 Å². The first-order valence-electron chi connectivity index (χ1n) is 10.6. The highest BCUT2D eigenvalue weighted by Gasteiger charge is 2.23. The molecule has 160 valence electrons. The van der Waals surface area contributed by atoms with Crippen molar-refractivity contribution in [2.45, 2.75) is 27.4 Å². The molecule has 4 rings (SSSR count). The van der Waals surface area contributed by atoms with Gasteiger partial charge in [-0.25, -0.2) is 9.97 Å². The second kappa shape index (κ2) is 9.16. The van der Waals surface area contributed by atoms with Gasteiger partial charge in [0.25, 0.3) is 5.91 Å². The molecule has 1 aliphatic rings. The van der Waals surface area contributed by atoms with Gasteiger partial charge in [0.05, 0.1) is 0 Å². The van der Waals surface area contributed by atoms with Crippen LogP contribution in [0.3, 0.4) is 0 Å². The number of hydrogen-bond donors (Lipinski definition) is 0. The summed E-state index contributed by atoms with van der Waals surface area (Å²) in [4.78, 5) is 26.1. The minimum absolute atomic E-state index is 0.0377. The molecule has 6 nitrogen and oxygen atoms in total. The Morgan fingerprint density at radius 1 is 0.935 bits per heavy atom. The SMILES string of the molecule is Cc1cccc(COc2cccc(C(=O)N3CCN(c4cc(C)nc(C)n4)CC3)c2)c1. The lowest BCUT2D eigenvalue weighted by molar-refractivity contribution is 0.0746. The fraction of sp³-hybridized carbons (Fsp3) is 0.320. The van der Waals surface area contributed by atoms with E-state index in [0.29, 0.717) is 31.0 Å². The van der Waals surface area contributed by atoms with Crippen LogP contribution in [-0.4, -0.2) is 47.0 Å². The van der Waals surface area contributed by atoms with Crippen LogP contribution < -0.4 is 9.64 Å². The van der Waals surface area contributed by atoms with Crippen LogP contribution in [0.5, 0.6) is 5.75 Å². The lowest BCUT2D eigenvalue weighted by Crippen LogP contribution is -2.49. The quantitative estimate of drug-likeness (QED) is 0.630. The van der Waals surface area contributed by atoms with Gasteiger partial charge in [0.2, 0.25) is 0 Å². The molecule has 0 radical (unpaired) electrons. The average molecular weight is 417 g/mol. The van der Waals surface area contributed by atoms with E-state index in [1.807, 2.05) is 61.2 Å². The van der Waals surface area contributed by atoms with Gasteiger partial charge in [-0.2, -0.15) is 0 Å². The summed E-state index contributed by atoms with van der Waals surface area (Å²) in [6.45, 7) is 9.27. The molecule has 0 atom stereocenters. The maximum atomic E-state index is 13.0. The summed E-state index contributed by atoms with van der Waals surface area (Å²) in [6.07, 6.45) is 0. The fourth-order valence-electron chi connectivity index (χ4n) is 3.87. The fourth-order valence-corrected chi connectivity index (χ4v) is 3.87. The summed E-state index contributed by atoms with van der Waals surface area (Å²) in [7, 11) is 0. The molecule has 0 unspecified atom stereocenters. The molecule has 1 fully saturated rings. The van der Waals surface area contributed by atoms with Gasteiger partial charge >= 0.3 is 0 Å². The van der Waals surface area contributed by atoms with Crippen molar-refractivity contribution in [1.29, 1.82) is 0 Å². The average Bonchev–Trinajstić information content (AvgIpc) is 2.77. The second-order valence-corrected chi connectivity index (χ2v) is 8.00. The molecule has 2 aromatic carbocycles. The maximum absolute atomic E-state index is 13.0. The zero-order valence-corrected chi connectivity index (χ0v) is 18.3. The zero-order chi connectivity index (χ0) is 21.8. The third-order valence-corrected chi connectivity index (χ3v) is 5.41. The number of aromatic nitrogens is 2. The monoisotopic (exact) mass is 416 g/mol. The highest BCUT2D eigenvalue weighted by atomic mass is 16.5. The maximum Gasteiger partial charge on any atom is 0.254 e. The van der Waals surface area contributed by atoms with Crippen molar-refractivity contribution in [3.63, 3.8) is 0 Å². The third-order valence-electron chi connectivity index (χ3n) is 5.41. The van der Waals surface area contributed by atoms with Crippen molar-refractivity contribution in [3.05, 3.63) is 82.8 Å². The van der Waals surface area contributed by atoms with Gasteiger partial charge in [0.1, 0.15) is 24.0 Å². The third kappa shape index (κ3) is 5.20. The Morgan fingerprint density at radius 2 is 1.71 bits per heavy atom. The Morgan fingerprint density at radius 3 is 2.45 bits per heavy atom. The zero-order valence-electron chi connectivity index (χ0n) is 18.3. The lowest BCUT2D eigenvalue weighted by Gasteiger charge is -2.35. The van der Waals surface area contributed by atoms with Gasteiger partial charge in [0.15, 0.2) is 0 Å². The van der Waals surface area contributed by atoms with Crippen molar-refractivity contribution in [2.24, 2.45) is 0 Å². The van der Waals surface area contributed by atoms with E-state index in [1.165, 1.54) is 5.56 Å². The second-order valence-electron chi connectivity index (χ2n) is 8.00. The van der Waals surface area contributed by atoms with Crippen molar-refractivity contribution < 1.29 is 9.53 Å². The van der Waals surface area contributed by atoms with Gasteiger partial charge in [-0.15, -0.1) is 0 Å². The van der Waals surface area contributed by atoms with Crippen LogP contribution in [0, 0.1) is 20.8 Å². The minimum atomic E-state index is 0.0377. The molecular formula is C25H28N4O2. The number of nitrogens with zero attached hydrogens (tertiary/aromatic N) is 4. The van der Waals surface area contributed by atoms with E-state index in [9.17, 15) is 4.79 Å². The predicted molar refractivity (Wildman–Crippen MR) is 122 cm³/mol. The van der Waals surface area contributed by atoms with Crippen molar-refractivity contribution in [3.8, 4) is 5.75 Å². The molecule has 0 spiro atoms. The summed E-state index contributed by atoms with van der Waals surface area (Å²) in [6, 6.07) is 17.7. The standard InChI is InChI=1S/C25H28N4O2/c1-18-6-4-7-21(14-18)17-31-23-9-5-8-22(16-23)25(30)29-12-10-28(11-13-29)24-15-19(2)26-20(3)27-24/h4-9,14-16H,10-13,17H2,1-3H3. The van der Waals surface area contributed by atoms with Crippen molar-refractivity contribution in [2.75, 3.05) is 31.1 Å². The van der Waals surface area contributed by atoms with Crippen LogP contribution in [0.25, 0.3) is 0 Å². The summed E-state index contributed by atoms with van der Waals surface area (Å²) < 4.78 is 5.93. The molecule has 31 heavy (non-hydrogen) atoms. The largest absolute Gasteiger partial charge is 0.489 e. The molecule has 3 aromatic rings. The van der Waals surface area contributed by atoms with Crippen LogP contribution >= 0.6 is 0 Å². The Kier molecular flexibility index (Phi) is 6.16. The highest BCUT2D eigenvalue weighted by molar-refractivity contribution is 5.94. The van der Waals surface area contributed by atoms with E-state index in [2.05, 4.69) is 33.9 Å². The summed E-state index contributed by atoms with van der Waals surface area (Å²) >= 11 is 0. The predicted octanol–water partition coefficient (Wildman–Crippen LogP) is 3.94. The molecule has 0 aliphatic carbocycles. The first-order chi connectivity index (χ1) is 15.0. The Hall–Kier alpha value is -3.41. The normalized spacial score (nSPS) is 13.9. The van der Waals surface area contributed by atoms with Gasteiger partial charge in [-0.05, 0) is 44.5 Å². The van der Waals surface area contributed by atoms with E-state index in [4.69, 9.17) is 4.74 Å². The van der Waals surface area contributed by atoms with E-state index in [0.717, 1.165) is 36.0 Å². The molecule has 0 bridgehead atoms. The molecule has 0 N–H and O–H groups in total. The highest BCUT2D eigenvalue weighted by Crippen LogP contribution is 2.19. The molecule has 1 aromatic heterocycles. The number of ether oxygens (including phenoxy) is 1. The number of carbonyl (C=O) groups is 1. The van der Waals surface area contributed by atoms with E-state index in [1.54, 1.807) is 0 Å². The summed E-state index contributed by atoms with van der Waals surface area (Å²) in [5.74, 6) is 2.45. The topological polar surface area (TPSA) is 58.6 Å². The van der Waals surface area contributed by atoms with Crippen LogP contribution in [0.1, 0.15) is 33.0 Å². The first kappa shape index (κ1) is 20.8. The van der Waals surface area contributed by atoms with E-state index < -0.39 is 0 Å². The Labute approximate surface area is 183 Å². The van der Waals surface area contributed by atoms with Crippen molar-refractivity contribution >= 4 is 11.7 Å². The number of aryl methyl sites for hydroxylation is 3. The number of rotatable bonds is 5. The summed E-state index contributed by atoms with van der Waals surface area (Å²) in [5.41, 5.74) is 3.94. The first-order valence-corrected chi connectivity index (χ1v) is 10.6. The van der Waals surface area contributed by atoms with Crippen LogP contribution in [0.2, 0.25) is 0 Å². The van der Waals surface area contributed by atoms with Gasteiger partial charge in [0, 0.05) is 43.5 Å². The Balaban J connectivity index is 1.37. The van der Waals surface area contributed by atoms with Crippen LogP contribution in [0.15, 0.2) is 54.6 Å². The lowest BCUT2D eigenvalue weighted by atomic mass is 10.1. The van der Waals surface area contributed by atoms with E-state index >= 15 is 0 Å². The molecule has 2 heterocycles. The van der Waals surface area contributed by atoms with Gasteiger partial charge in [-0.3, -0.25) is 4.79 Å². The number of benzene rings is 2. The molecule has 0 saturated carbocycles. The summed E-state index contributed by atoms with van der Waals surface area (Å²) in [5, 5.41) is 0. The number of hydrogen-bond acceptors (Lipinski definition) is 5. The molecular weight excluding hydrogens is 388 g/mol. The number of carbonyl (C=O) groups excluding carboxylic acids is 1. The van der Waals surface area contributed by atoms with Gasteiger partial charge < -0.3 is 14.5 Å². The molecule has 1 aliphatic heterocycles. The number of amides is 1. The number of piperazine rings is 1. The Bertz CT molecular complexity index is 1050. The minimum Gasteiger partial charge on any atom is -0.489 e. The van der Waals surface area contributed by atoms with Gasteiger partial charge in [-0.1, -0.05) is 35.9 Å².